The second-order valence-electron chi connectivity index (χ2n) is 10.2. The van der Waals surface area contributed by atoms with Gasteiger partial charge in [-0.25, -0.2) is 0 Å². The van der Waals surface area contributed by atoms with E-state index in [1.165, 1.54) is 0 Å². The van der Waals surface area contributed by atoms with Crippen LogP contribution in [0.5, 0.6) is 11.5 Å². The minimum atomic E-state index is -5.84. The number of rotatable bonds is 6. The van der Waals surface area contributed by atoms with Gasteiger partial charge in [-0.3, -0.25) is 15.0 Å². The average molecular weight is 555 g/mol. The van der Waals surface area contributed by atoms with E-state index in [0.29, 0.717) is 0 Å². The third-order valence-electron chi connectivity index (χ3n) is 4.35. The molecule has 0 atom stereocenters. The van der Waals surface area contributed by atoms with E-state index in [9.17, 15) is 13.2 Å². The molecule has 0 unspecified atom stereocenters. The quantitative estimate of drug-likeness (QED) is 0.184. The molecule has 0 aromatic heterocycles. The van der Waals surface area contributed by atoms with Crippen molar-refractivity contribution < 1.29 is 35.6 Å². The van der Waals surface area contributed by atoms with Gasteiger partial charge in [-0.1, -0.05) is 18.2 Å². The van der Waals surface area contributed by atoms with Gasteiger partial charge in [0.25, 0.3) is 0 Å². The Labute approximate surface area is 221 Å². The molecule has 0 aliphatic heterocycles. The van der Waals surface area contributed by atoms with Gasteiger partial charge in [-0.05, 0) is 102 Å². The van der Waals surface area contributed by atoms with Crippen molar-refractivity contribution in [2.75, 3.05) is 10.4 Å². The number of hydrazine groups is 1. The minimum Gasteiger partial charge on any atom is -0.488 e. The third kappa shape index (κ3) is 10.5. The van der Waals surface area contributed by atoms with Crippen LogP contribution in [0.2, 0.25) is 0 Å². The molecule has 3 aromatic rings. The van der Waals surface area contributed by atoms with Crippen molar-refractivity contribution in [1.29, 1.82) is 0 Å². The zero-order chi connectivity index (χ0) is 28.8. The molecule has 0 spiro atoms. The van der Waals surface area contributed by atoms with Crippen molar-refractivity contribution in [2.45, 2.75) is 58.3 Å². The first kappa shape index (κ1) is 30.8. The Kier molecular flexibility index (Phi) is 9.68. The zero-order valence-electron chi connectivity index (χ0n) is 22.1. The highest BCUT2D eigenvalue weighted by Gasteiger charge is 2.44. The average Bonchev–Trinajstić information content (AvgIpc) is 2.77. The summed E-state index contributed by atoms with van der Waals surface area (Å²) in [4.78, 5) is 0. The van der Waals surface area contributed by atoms with Crippen molar-refractivity contribution in [1.82, 2.24) is 0 Å². The SMILES string of the molecule is CC(C)(C)Oc1ccc(N(Nc2ccccc2)c2ccc(OC(C)(C)C)cc2)cc1.O=S(=O)(O)C(F)(F)F. The molecule has 0 fully saturated rings. The summed E-state index contributed by atoms with van der Waals surface area (Å²) in [5, 5.41) is 2.05. The highest BCUT2D eigenvalue weighted by Crippen LogP contribution is 2.31. The standard InChI is InChI=1S/C26H32N2O2.CHF3O3S/c1-25(2,3)29-23-16-12-21(13-17-23)28(27-20-10-8-7-9-11-20)22-14-18-24(19-15-22)30-26(4,5)6;2-1(3,4)8(5,6)7/h7-19,27H,1-6H3;(H,5,6,7). The van der Waals surface area contributed by atoms with Gasteiger partial charge in [-0.2, -0.15) is 21.6 Å². The number of para-hydroxylation sites is 1. The van der Waals surface area contributed by atoms with Crippen LogP contribution < -0.4 is 19.9 Å². The van der Waals surface area contributed by atoms with Crippen LogP contribution in [0.3, 0.4) is 0 Å². The lowest BCUT2D eigenvalue weighted by atomic mass is 10.2. The Hall–Kier alpha value is -3.44. The van der Waals surface area contributed by atoms with Crippen molar-refractivity contribution >= 4 is 27.2 Å². The summed E-state index contributed by atoms with van der Waals surface area (Å²) in [6, 6.07) is 26.3. The monoisotopic (exact) mass is 554 g/mol. The molecule has 0 saturated heterocycles. The van der Waals surface area contributed by atoms with E-state index in [1.807, 2.05) is 96.1 Å². The summed E-state index contributed by atoms with van der Waals surface area (Å²) >= 11 is 0. The number of nitrogens with zero attached hydrogens (tertiary/aromatic N) is 1. The molecule has 0 aliphatic carbocycles. The lowest BCUT2D eigenvalue weighted by Crippen LogP contribution is -2.25. The van der Waals surface area contributed by atoms with Crippen LogP contribution in [0.15, 0.2) is 78.9 Å². The van der Waals surface area contributed by atoms with Crippen LogP contribution >= 0.6 is 0 Å². The number of alkyl halides is 3. The Morgan fingerprint density at radius 2 is 1.03 bits per heavy atom. The first-order valence-corrected chi connectivity index (χ1v) is 13.0. The normalized spacial score (nSPS) is 12.2. The summed E-state index contributed by atoms with van der Waals surface area (Å²) in [6.07, 6.45) is 0. The fourth-order valence-electron chi connectivity index (χ4n) is 2.95. The molecule has 2 N–H and O–H groups in total. The van der Waals surface area contributed by atoms with Crippen LogP contribution in [-0.2, 0) is 10.1 Å². The maximum atomic E-state index is 10.7. The number of nitrogens with one attached hydrogen (secondary N) is 1. The van der Waals surface area contributed by atoms with Crippen molar-refractivity contribution in [3.8, 4) is 11.5 Å². The molecule has 3 aromatic carbocycles. The van der Waals surface area contributed by atoms with Gasteiger partial charge in [0.2, 0.25) is 0 Å². The number of anilines is 3. The van der Waals surface area contributed by atoms with Gasteiger partial charge in [0.15, 0.2) is 0 Å². The Morgan fingerprint density at radius 3 is 1.32 bits per heavy atom. The minimum absolute atomic E-state index is 0.230. The zero-order valence-corrected chi connectivity index (χ0v) is 22.9. The molecular formula is C27H33F3N2O5S. The van der Waals surface area contributed by atoms with Crippen LogP contribution in [0.1, 0.15) is 41.5 Å². The maximum Gasteiger partial charge on any atom is 0.522 e. The molecule has 0 amide bonds. The highest BCUT2D eigenvalue weighted by atomic mass is 32.2. The van der Waals surface area contributed by atoms with E-state index in [4.69, 9.17) is 22.4 Å². The molecular weight excluding hydrogens is 521 g/mol. The molecule has 3 rings (SSSR count). The maximum absolute atomic E-state index is 10.7. The largest absolute Gasteiger partial charge is 0.522 e. The molecule has 208 valence electrons. The Balaban J connectivity index is 0.000000550. The van der Waals surface area contributed by atoms with E-state index in [0.717, 1.165) is 28.6 Å². The topological polar surface area (TPSA) is 88.1 Å². The first-order chi connectivity index (χ1) is 17.3. The van der Waals surface area contributed by atoms with Crippen LogP contribution in [0, 0.1) is 0 Å². The summed E-state index contributed by atoms with van der Waals surface area (Å²) in [6.45, 7) is 12.3. The Bertz CT molecular complexity index is 1190. The van der Waals surface area contributed by atoms with Gasteiger partial charge >= 0.3 is 15.6 Å². The number of halogens is 3. The van der Waals surface area contributed by atoms with Gasteiger partial charge in [0.1, 0.15) is 22.7 Å². The number of ether oxygens (including phenoxy) is 2. The molecule has 38 heavy (non-hydrogen) atoms. The summed E-state index contributed by atoms with van der Waals surface area (Å²) in [7, 11) is -5.84. The first-order valence-electron chi connectivity index (χ1n) is 11.6. The fraction of sp³-hybridized carbons (Fsp3) is 0.333. The van der Waals surface area contributed by atoms with Gasteiger partial charge in [0, 0.05) is 0 Å². The molecule has 0 aliphatic rings. The second kappa shape index (κ2) is 12.0. The predicted molar refractivity (Wildman–Crippen MR) is 143 cm³/mol. The number of benzene rings is 3. The van der Waals surface area contributed by atoms with Crippen LogP contribution in [0.4, 0.5) is 30.2 Å². The van der Waals surface area contributed by atoms with E-state index in [2.05, 4.69) is 34.7 Å². The third-order valence-corrected chi connectivity index (χ3v) is 4.93. The lowest BCUT2D eigenvalue weighted by Gasteiger charge is -2.28. The predicted octanol–water partition coefficient (Wildman–Crippen LogP) is 7.60. The highest BCUT2D eigenvalue weighted by molar-refractivity contribution is 7.86. The number of hydrogen-bond donors (Lipinski definition) is 2. The molecule has 0 bridgehead atoms. The molecule has 0 heterocycles. The molecule has 7 nitrogen and oxygen atoms in total. The molecule has 0 radical (unpaired) electrons. The second-order valence-corrected chi connectivity index (χ2v) is 11.6. The summed E-state index contributed by atoms with van der Waals surface area (Å²) < 4.78 is 69.5. The smallest absolute Gasteiger partial charge is 0.488 e. The summed E-state index contributed by atoms with van der Waals surface area (Å²) in [5.41, 5.74) is 0.515. The molecule has 0 saturated carbocycles. The van der Waals surface area contributed by atoms with Crippen molar-refractivity contribution in [2.24, 2.45) is 0 Å². The van der Waals surface area contributed by atoms with E-state index >= 15 is 0 Å². The van der Waals surface area contributed by atoms with Crippen molar-refractivity contribution in [3.63, 3.8) is 0 Å². The lowest BCUT2D eigenvalue weighted by molar-refractivity contribution is -0.0510. The van der Waals surface area contributed by atoms with Crippen molar-refractivity contribution in [3.05, 3.63) is 78.9 Å². The van der Waals surface area contributed by atoms with Gasteiger partial charge in [-0.15, -0.1) is 0 Å². The van der Waals surface area contributed by atoms with E-state index in [1.54, 1.807) is 0 Å². The van der Waals surface area contributed by atoms with Gasteiger partial charge in [0.05, 0.1) is 17.1 Å². The van der Waals surface area contributed by atoms with E-state index in [-0.39, 0.29) is 11.2 Å². The van der Waals surface area contributed by atoms with Gasteiger partial charge < -0.3 is 9.47 Å². The Morgan fingerprint density at radius 1 is 0.684 bits per heavy atom. The summed E-state index contributed by atoms with van der Waals surface area (Å²) in [5.74, 6) is 1.69. The van der Waals surface area contributed by atoms with Crippen LogP contribution in [-0.4, -0.2) is 29.7 Å². The fourth-order valence-corrected chi connectivity index (χ4v) is 2.95. The number of hydrogen-bond acceptors (Lipinski definition) is 6. The van der Waals surface area contributed by atoms with Crippen LogP contribution in [0.25, 0.3) is 0 Å². The van der Waals surface area contributed by atoms with E-state index < -0.39 is 15.6 Å². The molecule has 11 heteroatoms.